The quantitative estimate of drug-likeness (QED) is 0.570. The van der Waals surface area contributed by atoms with E-state index in [-0.39, 0.29) is 0 Å². The topological polar surface area (TPSA) is 17.0 Å². The SMILES string of the molecule is CNn1cccc1C. The van der Waals surface area contributed by atoms with Gasteiger partial charge in [0.25, 0.3) is 0 Å². The molecule has 1 aromatic heterocycles. The maximum Gasteiger partial charge on any atom is 0.0363 e. The monoisotopic (exact) mass is 110 g/mol. The minimum absolute atomic E-state index is 1.23. The molecule has 0 saturated heterocycles. The number of nitrogens with one attached hydrogen (secondary N) is 1. The molecule has 0 aliphatic heterocycles. The zero-order chi connectivity index (χ0) is 5.98. The summed E-state index contributed by atoms with van der Waals surface area (Å²) in [5.41, 5.74) is 4.22. The summed E-state index contributed by atoms with van der Waals surface area (Å²) in [6.07, 6.45) is 1.98. The molecule has 0 bridgehead atoms. The van der Waals surface area contributed by atoms with Crippen LogP contribution in [0.5, 0.6) is 0 Å². The van der Waals surface area contributed by atoms with Gasteiger partial charge in [0.05, 0.1) is 0 Å². The normalized spacial score (nSPS) is 9.25. The number of hydrogen-bond donors (Lipinski definition) is 1. The van der Waals surface area contributed by atoms with Gasteiger partial charge in [-0.15, -0.1) is 0 Å². The third-order valence-electron chi connectivity index (χ3n) is 1.19. The maximum atomic E-state index is 2.99. The molecule has 0 amide bonds. The van der Waals surface area contributed by atoms with E-state index in [9.17, 15) is 0 Å². The molecule has 0 unspecified atom stereocenters. The summed E-state index contributed by atoms with van der Waals surface area (Å²) in [5, 5.41) is 0. The van der Waals surface area contributed by atoms with Crippen LogP contribution in [-0.4, -0.2) is 11.7 Å². The Bertz CT molecular complexity index is 167. The third kappa shape index (κ3) is 0.689. The van der Waals surface area contributed by atoms with Crippen LogP contribution in [0.25, 0.3) is 0 Å². The fraction of sp³-hybridized carbons (Fsp3) is 0.333. The maximum absolute atomic E-state index is 2.99. The predicted molar refractivity (Wildman–Crippen MR) is 34.5 cm³/mol. The van der Waals surface area contributed by atoms with Gasteiger partial charge in [-0.25, -0.2) is 0 Å². The standard InChI is InChI=1S/C6H10N2/c1-6-4-3-5-8(6)7-2/h3-5,7H,1-2H3. The lowest BCUT2D eigenvalue weighted by atomic mass is 10.5. The second-order valence-electron chi connectivity index (χ2n) is 1.74. The number of hydrogen-bond acceptors (Lipinski definition) is 1. The fourth-order valence-electron chi connectivity index (χ4n) is 0.717. The molecule has 1 rings (SSSR count). The van der Waals surface area contributed by atoms with Gasteiger partial charge >= 0.3 is 0 Å². The van der Waals surface area contributed by atoms with Crippen molar-refractivity contribution >= 4 is 0 Å². The molecule has 0 aliphatic carbocycles. The van der Waals surface area contributed by atoms with E-state index >= 15 is 0 Å². The molecular weight excluding hydrogens is 100 g/mol. The Morgan fingerprint density at radius 1 is 1.62 bits per heavy atom. The zero-order valence-corrected chi connectivity index (χ0v) is 5.18. The van der Waals surface area contributed by atoms with Crippen molar-refractivity contribution in [3.8, 4) is 0 Å². The molecule has 2 nitrogen and oxygen atoms in total. The molecule has 2 heteroatoms. The summed E-state index contributed by atoms with van der Waals surface area (Å²) in [4.78, 5) is 0. The fourth-order valence-corrected chi connectivity index (χ4v) is 0.717. The Hall–Kier alpha value is -0.920. The molecule has 44 valence electrons. The minimum Gasteiger partial charge on any atom is -0.329 e. The minimum atomic E-state index is 1.23. The van der Waals surface area contributed by atoms with E-state index in [1.54, 1.807) is 0 Å². The molecule has 8 heavy (non-hydrogen) atoms. The van der Waals surface area contributed by atoms with Gasteiger partial charge in [0.15, 0.2) is 0 Å². The van der Waals surface area contributed by atoms with Crippen LogP contribution in [0.2, 0.25) is 0 Å². The van der Waals surface area contributed by atoms with Crippen LogP contribution in [0, 0.1) is 6.92 Å². The lowest BCUT2D eigenvalue weighted by Gasteiger charge is -2.01. The molecule has 0 aromatic carbocycles. The molecular formula is C6H10N2. The van der Waals surface area contributed by atoms with Crippen molar-refractivity contribution < 1.29 is 0 Å². The van der Waals surface area contributed by atoms with Crippen LogP contribution in [0.4, 0.5) is 0 Å². The zero-order valence-electron chi connectivity index (χ0n) is 5.18. The van der Waals surface area contributed by atoms with Gasteiger partial charge in [0.1, 0.15) is 0 Å². The van der Waals surface area contributed by atoms with Crippen LogP contribution in [0.3, 0.4) is 0 Å². The number of nitrogens with zero attached hydrogens (tertiary/aromatic N) is 1. The van der Waals surface area contributed by atoms with Crippen molar-refractivity contribution in [2.45, 2.75) is 6.92 Å². The van der Waals surface area contributed by atoms with Crippen molar-refractivity contribution in [1.82, 2.24) is 4.68 Å². The number of rotatable bonds is 1. The average molecular weight is 110 g/mol. The van der Waals surface area contributed by atoms with Crippen molar-refractivity contribution in [3.63, 3.8) is 0 Å². The molecule has 0 atom stereocenters. The first kappa shape index (κ1) is 5.22. The lowest BCUT2D eigenvalue weighted by Crippen LogP contribution is -2.07. The van der Waals surface area contributed by atoms with Gasteiger partial charge in [0, 0.05) is 18.9 Å². The number of aryl methyl sites for hydroxylation is 1. The molecule has 0 fully saturated rings. The third-order valence-corrected chi connectivity index (χ3v) is 1.19. The van der Waals surface area contributed by atoms with E-state index in [1.165, 1.54) is 5.69 Å². The molecule has 1 heterocycles. The smallest absolute Gasteiger partial charge is 0.0363 e. The van der Waals surface area contributed by atoms with Crippen molar-refractivity contribution in [3.05, 3.63) is 24.0 Å². The average Bonchev–Trinajstić information content (AvgIpc) is 2.14. The highest BCUT2D eigenvalue weighted by Gasteiger charge is 1.86. The van der Waals surface area contributed by atoms with E-state index < -0.39 is 0 Å². The van der Waals surface area contributed by atoms with Crippen molar-refractivity contribution in [2.75, 3.05) is 12.5 Å². The lowest BCUT2D eigenvalue weighted by molar-refractivity contribution is 0.894. The molecule has 0 aliphatic rings. The van der Waals surface area contributed by atoms with Crippen LogP contribution in [0.1, 0.15) is 5.69 Å². The Morgan fingerprint density at radius 2 is 2.38 bits per heavy atom. The second-order valence-corrected chi connectivity index (χ2v) is 1.74. The van der Waals surface area contributed by atoms with E-state index in [1.807, 2.05) is 24.0 Å². The Labute approximate surface area is 49.1 Å². The van der Waals surface area contributed by atoms with E-state index in [2.05, 4.69) is 18.4 Å². The first-order valence-corrected chi connectivity index (χ1v) is 2.66. The van der Waals surface area contributed by atoms with Gasteiger partial charge in [-0.2, -0.15) is 0 Å². The van der Waals surface area contributed by atoms with Gasteiger partial charge in [-0.3, -0.25) is 4.68 Å². The van der Waals surface area contributed by atoms with Gasteiger partial charge in [-0.05, 0) is 19.1 Å². The highest BCUT2D eigenvalue weighted by atomic mass is 15.4. The molecule has 1 N–H and O–H groups in total. The van der Waals surface area contributed by atoms with Crippen LogP contribution in [-0.2, 0) is 0 Å². The van der Waals surface area contributed by atoms with Gasteiger partial charge in [-0.1, -0.05) is 0 Å². The van der Waals surface area contributed by atoms with Gasteiger partial charge < -0.3 is 5.43 Å². The van der Waals surface area contributed by atoms with Crippen LogP contribution < -0.4 is 5.43 Å². The van der Waals surface area contributed by atoms with E-state index in [0.29, 0.717) is 0 Å². The van der Waals surface area contributed by atoms with Crippen LogP contribution >= 0.6 is 0 Å². The predicted octanol–water partition coefficient (Wildman–Crippen LogP) is 0.970. The van der Waals surface area contributed by atoms with Crippen molar-refractivity contribution in [1.29, 1.82) is 0 Å². The second kappa shape index (κ2) is 1.90. The summed E-state index contributed by atoms with van der Waals surface area (Å²) >= 11 is 0. The highest BCUT2D eigenvalue weighted by molar-refractivity contribution is 5.05. The molecule has 0 radical (unpaired) electrons. The first-order valence-electron chi connectivity index (χ1n) is 2.66. The van der Waals surface area contributed by atoms with Crippen molar-refractivity contribution in [2.24, 2.45) is 0 Å². The molecule has 1 aromatic rings. The summed E-state index contributed by atoms with van der Waals surface area (Å²) in [7, 11) is 1.90. The summed E-state index contributed by atoms with van der Waals surface area (Å²) in [6, 6.07) is 4.06. The van der Waals surface area contributed by atoms with Gasteiger partial charge in [0.2, 0.25) is 0 Å². The Morgan fingerprint density at radius 3 is 2.62 bits per heavy atom. The molecule has 0 spiro atoms. The highest BCUT2D eigenvalue weighted by Crippen LogP contribution is 1.93. The summed E-state index contributed by atoms with van der Waals surface area (Å²) in [5.74, 6) is 0. The first-order chi connectivity index (χ1) is 3.84. The van der Waals surface area contributed by atoms with E-state index in [0.717, 1.165) is 0 Å². The largest absolute Gasteiger partial charge is 0.329 e. The Kier molecular flexibility index (Phi) is 1.24. The Balaban J connectivity index is 2.92. The van der Waals surface area contributed by atoms with Crippen LogP contribution in [0.15, 0.2) is 18.3 Å². The van der Waals surface area contributed by atoms with E-state index in [4.69, 9.17) is 0 Å². The summed E-state index contributed by atoms with van der Waals surface area (Å²) < 4.78 is 1.96. The molecule has 0 saturated carbocycles. The summed E-state index contributed by atoms with van der Waals surface area (Å²) in [6.45, 7) is 2.05. The number of aromatic nitrogens is 1.